The first kappa shape index (κ1) is 15.7. The van der Waals surface area contributed by atoms with Crippen molar-refractivity contribution in [2.45, 2.75) is 19.4 Å². The maximum Gasteiger partial charge on any atom is 0.307 e. The molecule has 3 rings (SSSR count). The number of halogens is 1. The van der Waals surface area contributed by atoms with Gasteiger partial charge in [-0.15, -0.1) is 11.3 Å². The van der Waals surface area contributed by atoms with Crippen molar-refractivity contribution in [3.05, 3.63) is 45.7 Å². The van der Waals surface area contributed by atoms with Gasteiger partial charge in [0.2, 0.25) is 0 Å². The Kier molecular flexibility index (Phi) is 4.96. The number of aliphatic carboxylic acids is 1. The Morgan fingerprint density at radius 1 is 1.27 bits per heavy atom. The molecule has 1 aliphatic rings. The lowest BCUT2D eigenvalue weighted by Crippen LogP contribution is -2.37. The molecule has 1 aromatic heterocycles. The van der Waals surface area contributed by atoms with Crippen LogP contribution < -0.4 is 0 Å². The number of benzene rings is 1. The van der Waals surface area contributed by atoms with Crippen LogP contribution in [-0.4, -0.2) is 29.1 Å². The van der Waals surface area contributed by atoms with Crippen molar-refractivity contribution in [2.75, 3.05) is 13.1 Å². The van der Waals surface area contributed by atoms with Crippen molar-refractivity contribution >= 4 is 33.2 Å². The molecule has 1 atom stereocenters. The highest BCUT2D eigenvalue weighted by molar-refractivity contribution is 9.10. The van der Waals surface area contributed by atoms with E-state index < -0.39 is 5.97 Å². The predicted octanol–water partition coefficient (Wildman–Crippen LogP) is 4.47. The van der Waals surface area contributed by atoms with Crippen LogP contribution in [0, 0.1) is 5.92 Å². The molecule has 5 heteroatoms. The van der Waals surface area contributed by atoms with Crippen molar-refractivity contribution in [1.82, 2.24) is 4.90 Å². The van der Waals surface area contributed by atoms with Crippen molar-refractivity contribution in [3.63, 3.8) is 0 Å². The first-order valence-corrected chi connectivity index (χ1v) is 9.02. The lowest BCUT2D eigenvalue weighted by atomic mass is 9.98. The summed E-state index contributed by atoms with van der Waals surface area (Å²) in [5.41, 5.74) is 1.22. The van der Waals surface area contributed by atoms with E-state index in [0.717, 1.165) is 30.4 Å². The summed E-state index contributed by atoms with van der Waals surface area (Å²) in [6.45, 7) is 2.52. The molecule has 1 aromatic carbocycles. The van der Waals surface area contributed by atoms with Gasteiger partial charge in [-0.2, -0.15) is 0 Å². The molecule has 1 N–H and O–H groups in total. The third-order valence-corrected chi connectivity index (χ3v) is 5.67. The van der Waals surface area contributed by atoms with Gasteiger partial charge in [0, 0.05) is 27.3 Å². The Labute approximate surface area is 142 Å². The molecule has 3 nitrogen and oxygen atoms in total. The maximum absolute atomic E-state index is 11.1. The molecule has 1 fully saturated rings. The van der Waals surface area contributed by atoms with E-state index in [1.54, 1.807) is 11.3 Å². The molecule has 0 saturated carbocycles. The number of nitrogens with zero attached hydrogens (tertiary/aromatic N) is 1. The minimum absolute atomic E-state index is 0.209. The highest BCUT2D eigenvalue weighted by atomic mass is 79.9. The Balaban J connectivity index is 1.66. The SMILES string of the molecule is O=C(O)C1CCCN(Cc2ccc(-c3ccc(Br)cc3)s2)C1. The van der Waals surface area contributed by atoms with Gasteiger partial charge >= 0.3 is 5.97 Å². The van der Waals surface area contributed by atoms with E-state index in [-0.39, 0.29) is 5.92 Å². The second-order valence-electron chi connectivity index (χ2n) is 5.69. The minimum atomic E-state index is -0.661. The van der Waals surface area contributed by atoms with E-state index in [1.807, 2.05) is 0 Å². The van der Waals surface area contributed by atoms with E-state index in [1.165, 1.54) is 15.3 Å². The fraction of sp³-hybridized carbons (Fsp3) is 0.353. The summed E-state index contributed by atoms with van der Waals surface area (Å²) in [4.78, 5) is 16.0. The fourth-order valence-electron chi connectivity index (χ4n) is 2.85. The number of piperidine rings is 1. The lowest BCUT2D eigenvalue weighted by Gasteiger charge is -2.30. The lowest BCUT2D eigenvalue weighted by molar-refractivity contribution is -0.143. The molecule has 1 unspecified atom stereocenters. The first-order valence-electron chi connectivity index (χ1n) is 7.41. The number of rotatable bonds is 4. The van der Waals surface area contributed by atoms with Crippen molar-refractivity contribution in [3.8, 4) is 10.4 Å². The number of thiophene rings is 1. The summed E-state index contributed by atoms with van der Waals surface area (Å²) in [6, 6.07) is 12.6. The van der Waals surface area contributed by atoms with Crippen LogP contribution in [0.5, 0.6) is 0 Å². The molecular formula is C17H18BrNO2S. The summed E-state index contributed by atoms with van der Waals surface area (Å²) in [6.07, 6.45) is 1.78. The second kappa shape index (κ2) is 6.94. The topological polar surface area (TPSA) is 40.5 Å². The summed E-state index contributed by atoms with van der Waals surface area (Å²) >= 11 is 5.25. The summed E-state index contributed by atoms with van der Waals surface area (Å²) in [5, 5.41) is 9.17. The van der Waals surface area contributed by atoms with Crippen molar-refractivity contribution in [2.24, 2.45) is 5.92 Å². The smallest absolute Gasteiger partial charge is 0.307 e. The van der Waals surface area contributed by atoms with Crippen molar-refractivity contribution < 1.29 is 9.90 Å². The molecule has 1 aliphatic heterocycles. The van der Waals surface area contributed by atoms with Gasteiger partial charge < -0.3 is 5.11 Å². The average molecular weight is 380 g/mol. The van der Waals surface area contributed by atoms with Gasteiger partial charge in [0.05, 0.1) is 5.92 Å². The Morgan fingerprint density at radius 2 is 2.05 bits per heavy atom. The molecule has 0 radical (unpaired) electrons. The summed E-state index contributed by atoms with van der Waals surface area (Å²) in [7, 11) is 0. The van der Waals surface area contributed by atoms with Gasteiger partial charge in [-0.25, -0.2) is 0 Å². The van der Waals surface area contributed by atoms with E-state index in [4.69, 9.17) is 5.11 Å². The average Bonchev–Trinajstić information content (AvgIpc) is 2.96. The number of likely N-dealkylation sites (tertiary alicyclic amines) is 1. The van der Waals surface area contributed by atoms with E-state index >= 15 is 0 Å². The maximum atomic E-state index is 11.1. The van der Waals surface area contributed by atoms with Crippen LogP contribution in [-0.2, 0) is 11.3 Å². The highest BCUT2D eigenvalue weighted by Crippen LogP contribution is 2.30. The Morgan fingerprint density at radius 3 is 2.77 bits per heavy atom. The predicted molar refractivity (Wildman–Crippen MR) is 93.1 cm³/mol. The standard InChI is InChI=1S/C17H18BrNO2S/c18-14-5-3-12(4-6-14)16-8-7-15(22-16)11-19-9-1-2-13(10-19)17(20)21/h3-8,13H,1-2,9-11H2,(H,20,21). The number of hydrogen-bond donors (Lipinski definition) is 1. The normalized spacial score (nSPS) is 19.2. The van der Waals surface area contributed by atoms with Crippen LogP contribution in [0.3, 0.4) is 0 Å². The third-order valence-electron chi connectivity index (χ3n) is 4.02. The first-order chi connectivity index (χ1) is 10.6. The van der Waals surface area contributed by atoms with Crippen LogP contribution >= 0.6 is 27.3 Å². The summed E-state index contributed by atoms with van der Waals surface area (Å²) in [5.74, 6) is -0.869. The molecule has 0 amide bonds. The Bertz CT molecular complexity index is 653. The van der Waals surface area contributed by atoms with Crippen LogP contribution in [0.15, 0.2) is 40.9 Å². The van der Waals surface area contributed by atoms with Gasteiger partial charge in [-0.1, -0.05) is 28.1 Å². The number of hydrogen-bond acceptors (Lipinski definition) is 3. The number of carbonyl (C=O) groups is 1. The van der Waals surface area contributed by atoms with Crippen molar-refractivity contribution in [1.29, 1.82) is 0 Å². The van der Waals surface area contributed by atoms with Crippen LogP contribution in [0.4, 0.5) is 0 Å². The monoisotopic (exact) mass is 379 g/mol. The van der Waals surface area contributed by atoms with Gasteiger partial charge in [-0.3, -0.25) is 9.69 Å². The number of carboxylic acid groups (broad SMARTS) is 1. The van der Waals surface area contributed by atoms with Gasteiger partial charge in [0.25, 0.3) is 0 Å². The zero-order valence-electron chi connectivity index (χ0n) is 12.2. The van der Waals surface area contributed by atoms with E-state index in [2.05, 4.69) is 57.2 Å². The summed E-state index contributed by atoms with van der Waals surface area (Å²) < 4.78 is 1.08. The van der Waals surface area contributed by atoms with Crippen LogP contribution in [0.2, 0.25) is 0 Å². The third kappa shape index (κ3) is 3.77. The molecule has 1 saturated heterocycles. The van der Waals surface area contributed by atoms with Gasteiger partial charge in [0.15, 0.2) is 0 Å². The highest BCUT2D eigenvalue weighted by Gasteiger charge is 2.25. The molecular weight excluding hydrogens is 362 g/mol. The van der Waals surface area contributed by atoms with E-state index in [9.17, 15) is 4.79 Å². The zero-order chi connectivity index (χ0) is 15.5. The largest absolute Gasteiger partial charge is 0.481 e. The Hall–Kier alpha value is -1.17. The molecule has 116 valence electrons. The molecule has 0 spiro atoms. The van der Waals surface area contributed by atoms with Gasteiger partial charge in [0.1, 0.15) is 0 Å². The van der Waals surface area contributed by atoms with E-state index in [0.29, 0.717) is 6.54 Å². The zero-order valence-corrected chi connectivity index (χ0v) is 14.6. The van der Waals surface area contributed by atoms with Gasteiger partial charge in [-0.05, 0) is 49.2 Å². The fourth-order valence-corrected chi connectivity index (χ4v) is 4.17. The van der Waals surface area contributed by atoms with Crippen LogP contribution in [0.25, 0.3) is 10.4 Å². The van der Waals surface area contributed by atoms with Crippen LogP contribution in [0.1, 0.15) is 17.7 Å². The second-order valence-corrected chi connectivity index (χ2v) is 7.77. The minimum Gasteiger partial charge on any atom is -0.481 e. The molecule has 0 bridgehead atoms. The quantitative estimate of drug-likeness (QED) is 0.851. The number of carboxylic acids is 1. The molecule has 2 heterocycles. The molecule has 0 aliphatic carbocycles. The molecule has 2 aromatic rings. The molecule has 22 heavy (non-hydrogen) atoms.